The summed E-state index contributed by atoms with van der Waals surface area (Å²) < 4.78 is 25.8. The van der Waals surface area contributed by atoms with Crippen LogP contribution in [0.3, 0.4) is 0 Å². The molecule has 0 aromatic carbocycles. The molecule has 0 spiro atoms. The fraction of sp³-hybridized carbons (Fsp3) is 0.600. The molecule has 7 nitrogen and oxygen atoms in total. The number of nitrogens with one attached hydrogen (secondary N) is 2. The molecule has 0 bridgehead atoms. The maximum atomic E-state index is 11.7. The van der Waals surface area contributed by atoms with Crippen molar-refractivity contribution >= 4 is 16.0 Å². The van der Waals surface area contributed by atoms with Crippen molar-refractivity contribution in [2.75, 3.05) is 6.54 Å². The zero-order valence-electron chi connectivity index (χ0n) is 10.1. The third-order valence-electron chi connectivity index (χ3n) is 2.54. The molecule has 0 fully saturated rings. The average molecular weight is 275 g/mol. The number of carboxylic acids is 1. The van der Waals surface area contributed by atoms with Gasteiger partial charge in [-0.2, -0.15) is 5.10 Å². The van der Waals surface area contributed by atoms with Gasteiger partial charge in [0.05, 0.1) is 6.20 Å². The third kappa shape index (κ3) is 4.84. The SMILES string of the molecule is CC(CCNS(=O)(=O)c1ccn[nH]1)CCC(=O)O. The quantitative estimate of drug-likeness (QED) is 0.642. The Morgan fingerprint density at radius 3 is 2.83 bits per heavy atom. The lowest BCUT2D eigenvalue weighted by atomic mass is 10.0. The first-order valence-corrected chi connectivity index (χ1v) is 7.11. The number of aromatic nitrogens is 2. The minimum atomic E-state index is -3.53. The predicted octanol–water partition coefficient (Wildman–Crippen LogP) is 0.579. The van der Waals surface area contributed by atoms with Gasteiger partial charge < -0.3 is 5.11 Å². The number of nitrogens with zero attached hydrogens (tertiary/aromatic N) is 1. The minimum Gasteiger partial charge on any atom is -0.481 e. The molecule has 0 amide bonds. The molecule has 3 N–H and O–H groups in total. The van der Waals surface area contributed by atoms with Crippen LogP contribution in [0.2, 0.25) is 0 Å². The zero-order valence-corrected chi connectivity index (χ0v) is 10.9. The largest absolute Gasteiger partial charge is 0.481 e. The van der Waals surface area contributed by atoms with Crippen molar-refractivity contribution in [3.8, 4) is 0 Å². The van der Waals surface area contributed by atoms with Crippen LogP contribution in [0.25, 0.3) is 0 Å². The Bertz CT molecular complexity index is 469. The molecule has 0 saturated carbocycles. The molecule has 0 saturated heterocycles. The van der Waals surface area contributed by atoms with Crippen molar-refractivity contribution in [1.82, 2.24) is 14.9 Å². The molecular weight excluding hydrogens is 258 g/mol. The van der Waals surface area contributed by atoms with Crippen LogP contribution in [0, 0.1) is 5.92 Å². The van der Waals surface area contributed by atoms with Crippen molar-refractivity contribution < 1.29 is 18.3 Å². The third-order valence-corrected chi connectivity index (χ3v) is 3.94. The van der Waals surface area contributed by atoms with Crippen LogP contribution < -0.4 is 4.72 Å². The summed E-state index contributed by atoms with van der Waals surface area (Å²) in [4.78, 5) is 10.4. The molecule has 0 aliphatic heterocycles. The molecule has 1 heterocycles. The summed E-state index contributed by atoms with van der Waals surface area (Å²) in [6.07, 6.45) is 2.61. The lowest BCUT2D eigenvalue weighted by Crippen LogP contribution is -2.26. The van der Waals surface area contributed by atoms with Gasteiger partial charge in [-0.3, -0.25) is 9.89 Å². The van der Waals surface area contributed by atoms with Crippen LogP contribution in [0.15, 0.2) is 17.3 Å². The highest BCUT2D eigenvalue weighted by atomic mass is 32.2. The van der Waals surface area contributed by atoms with Crippen LogP contribution in [0.1, 0.15) is 26.2 Å². The normalized spacial score (nSPS) is 13.4. The molecule has 0 aliphatic carbocycles. The van der Waals surface area contributed by atoms with Crippen molar-refractivity contribution in [2.24, 2.45) is 5.92 Å². The van der Waals surface area contributed by atoms with Gasteiger partial charge in [-0.15, -0.1) is 0 Å². The van der Waals surface area contributed by atoms with Gasteiger partial charge in [0, 0.05) is 13.0 Å². The van der Waals surface area contributed by atoms with E-state index in [1.165, 1.54) is 12.3 Å². The zero-order chi connectivity index (χ0) is 13.6. The van der Waals surface area contributed by atoms with Crippen molar-refractivity contribution in [3.05, 3.63) is 12.3 Å². The van der Waals surface area contributed by atoms with Crippen LogP contribution in [0.5, 0.6) is 0 Å². The Labute approximate surface area is 106 Å². The van der Waals surface area contributed by atoms with E-state index in [0.29, 0.717) is 12.8 Å². The van der Waals surface area contributed by atoms with Crippen LogP contribution in [0.4, 0.5) is 0 Å². The molecule has 1 aromatic heterocycles. The molecule has 1 atom stereocenters. The minimum absolute atomic E-state index is 0.0284. The van der Waals surface area contributed by atoms with E-state index in [1.54, 1.807) is 0 Å². The van der Waals surface area contributed by atoms with Gasteiger partial charge in [0.15, 0.2) is 5.03 Å². The fourth-order valence-corrected chi connectivity index (χ4v) is 2.38. The summed E-state index contributed by atoms with van der Waals surface area (Å²) in [7, 11) is -3.53. The average Bonchev–Trinajstić information content (AvgIpc) is 2.80. The Morgan fingerprint density at radius 2 is 2.28 bits per heavy atom. The Morgan fingerprint density at radius 1 is 1.56 bits per heavy atom. The van der Waals surface area contributed by atoms with E-state index in [9.17, 15) is 13.2 Å². The van der Waals surface area contributed by atoms with E-state index < -0.39 is 16.0 Å². The molecule has 1 aromatic rings. The number of H-pyrrole nitrogens is 1. The van der Waals surface area contributed by atoms with E-state index in [1.807, 2.05) is 6.92 Å². The second-order valence-electron chi connectivity index (χ2n) is 4.14. The number of aromatic amines is 1. The van der Waals surface area contributed by atoms with E-state index in [2.05, 4.69) is 14.9 Å². The second-order valence-corrected chi connectivity index (χ2v) is 5.88. The molecule has 18 heavy (non-hydrogen) atoms. The smallest absolute Gasteiger partial charge is 0.303 e. The fourth-order valence-electron chi connectivity index (χ4n) is 1.42. The molecule has 0 radical (unpaired) electrons. The van der Waals surface area contributed by atoms with E-state index in [-0.39, 0.29) is 23.9 Å². The maximum Gasteiger partial charge on any atom is 0.303 e. The highest BCUT2D eigenvalue weighted by Gasteiger charge is 2.15. The summed E-state index contributed by atoms with van der Waals surface area (Å²) in [6, 6.07) is 1.37. The van der Waals surface area contributed by atoms with Gasteiger partial charge in [0.25, 0.3) is 10.0 Å². The van der Waals surface area contributed by atoms with Crippen LogP contribution >= 0.6 is 0 Å². The molecule has 0 aliphatic rings. The summed E-state index contributed by atoms with van der Waals surface area (Å²) in [6.45, 7) is 2.18. The van der Waals surface area contributed by atoms with E-state index in [0.717, 1.165) is 0 Å². The van der Waals surface area contributed by atoms with Gasteiger partial charge in [-0.1, -0.05) is 6.92 Å². The maximum absolute atomic E-state index is 11.7. The lowest BCUT2D eigenvalue weighted by Gasteiger charge is -2.10. The highest BCUT2D eigenvalue weighted by molar-refractivity contribution is 7.89. The van der Waals surface area contributed by atoms with Gasteiger partial charge in [-0.25, -0.2) is 13.1 Å². The van der Waals surface area contributed by atoms with Gasteiger partial charge in [0.2, 0.25) is 0 Å². The number of aliphatic carboxylic acids is 1. The summed E-state index contributed by atoms with van der Waals surface area (Å²) in [5.41, 5.74) is 0. The summed E-state index contributed by atoms with van der Waals surface area (Å²) >= 11 is 0. The molecule has 102 valence electrons. The second kappa shape index (κ2) is 6.50. The first-order chi connectivity index (χ1) is 8.42. The van der Waals surface area contributed by atoms with Crippen LogP contribution in [-0.4, -0.2) is 36.2 Å². The first-order valence-electron chi connectivity index (χ1n) is 5.62. The Kier molecular flexibility index (Phi) is 5.29. The Hall–Kier alpha value is -1.41. The number of carboxylic acid groups (broad SMARTS) is 1. The lowest BCUT2D eigenvalue weighted by molar-refractivity contribution is -0.137. The van der Waals surface area contributed by atoms with Crippen molar-refractivity contribution in [3.63, 3.8) is 0 Å². The number of sulfonamides is 1. The summed E-state index contributed by atoms with van der Waals surface area (Å²) in [5.74, 6) is -0.676. The number of carbonyl (C=O) groups is 1. The number of hydrogen-bond acceptors (Lipinski definition) is 4. The summed E-state index contributed by atoms with van der Waals surface area (Å²) in [5, 5.41) is 14.5. The Balaban J connectivity index is 2.31. The molecule has 1 unspecified atom stereocenters. The van der Waals surface area contributed by atoms with Gasteiger partial charge in [-0.05, 0) is 24.8 Å². The van der Waals surface area contributed by atoms with E-state index in [4.69, 9.17) is 5.11 Å². The molecule has 1 rings (SSSR count). The van der Waals surface area contributed by atoms with E-state index >= 15 is 0 Å². The van der Waals surface area contributed by atoms with Crippen LogP contribution in [-0.2, 0) is 14.8 Å². The molecule has 8 heteroatoms. The highest BCUT2D eigenvalue weighted by Crippen LogP contribution is 2.10. The monoisotopic (exact) mass is 275 g/mol. The number of hydrogen-bond donors (Lipinski definition) is 3. The standard InChI is InChI=1S/C10H17N3O4S/c1-8(2-3-10(14)15)4-7-12-18(16,17)9-5-6-11-13-9/h5-6,8,12H,2-4,7H2,1H3,(H,11,13)(H,14,15). The number of rotatable bonds is 8. The predicted molar refractivity (Wildman–Crippen MR) is 64.4 cm³/mol. The first kappa shape index (κ1) is 14.7. The topological polar surface area (TPSA) is 112 Å². The van der Waals surface area contributed by atoms with Crippen molar-refractivity contribution in [2.45, 2.75) is 31.2 Å². The van der Waals surface area contributed by atoms with Gasteiger partial charge in [0.1, 0.15) is 0 Å². The van der Waals surface area contributed by atoms with Gasteiger partial charge >= 0.3 is 5.97 Å². The molecular formula is C10H17N3O4S. The van der Waals surface area contributed by atoms with Crippen molar-refractivity contribution in [1.29, 1.82) is 0 Å².